The average Bonchev–Trinajstić information content (AvgIpc) is 3.04. The van der Waals surface area contributed by atoms with E-state index in [1.807, 2.05) is 44.4 Å². The summed E-state index contributed by atoms with van der Waals surface area (Å²) in [5, 5.41) is 3.31. The molecule has 31 heavy (non-hydrogen) atoms. The summed E-state index contributed by atoms with van der Waals surface area (Å²) in [6.07, 6.45) is 3.97. The van der Waals surface area contributed by atoms with Crippen LogP contribution in [0.4, 0.5) is 0 Å². The summed E-state index contributed by atoms with van der Waals surface area (Å²) in [5.74, 6) is 1.28. The molecule has 2 saturated carbocycles. The fraction of sp³-hybridized carbons (Fsp3) is 0.680. The number of fused-ring (bicyclic) bond motifs is 2. The van der Waals surface area contributed by atoms with Gasteiger partial charge in [0.2, 0.25) is 5.91 Å². The van der Waals surface area contributed by atoms with E-state index in [9.17, 15) is 9.59 Å². The highest BCUT2D eigenvalue weighted by molar-refractivity contribution is 5.76. The third kappa shape index (κ3) is 5.40. The van der Waals surface area contributed by atoms with E-state index in [-0.39, 0.29) is 41.9 Å². The van der Waals surface area contributed by atoms with Crippen molar-refractivity contribution in [3.05, 3.63) is 30.3 Å². The van der Waals surface area contributed by atoms with Crippen molar-refractivity contribution < 1.29 is 23.5 Å². The largest absolute Gasteiger partial charge is 0.490 e. The highest BCUT2D eigenvalue weighted by Crippen LogP contribution is 2.65. The number of nitrogens with zero attached hydrogens (tertiary/aromatic N) is 1. The average molecular weight is 432 g/mol. The number of carbonyl (C=O) groups is 2. The lowest BCUT2D eigenvalue weighted by atomic mass is 9.69. The Morgan fingerprint density at radius 1 is 1.13 bits per heavy atom. The molecule has 0 aliphatic heterocycles. The van der Waals surface area contributed by atoms with Gasteiger partial charge < -0.3 is 19.3 Å². The Hall–Kier alpha value is -2.08. The van der Waals surface area contributed by atoms with E-state index >= 15 is 0 Å². The lowest BCUT2D eigenvalue weighted by Gasteiger charge is -2.39. The van der Waals surface area contributed by atoms with Crippen molar-refractivity contribution in [2.45, 2.75) is 52.5 Å². The molecule has 1 amide bonds. The summed E-state index contributed by atoms with van der Waals surface area (Å²) in [6, 6.07) is 9.72. The number of hydrogen-bond acceptors (Lipinski definition) is 4. The van der Waals surface area contributed by atoms with Crippen LogP contribution in [0.15, 0.2) is 30.3 Å². The van der Waals surface area contributed by atoms with E-state index in [0.717, 1.165) is 12.2 Å². The normalized spacial score (nSPS) is 26.5. The van der Waals surface area contributed by atoms with Crippen LogP contribution in [0.5, 0.6) is 5.75 Å². The third-order valence-electron chi connectivity index (χ3n) is 7.99. The SMILES string of the molecule is CC1(C)C2CCC1(C)C(NC(=O)CC[N+](C)(C)CC(=O)OCCOc1ccccc1)C2. The first-order valence-corrected chi connectivity index (χ1v) is 11.5. The number of benzene rings is 1. The van der Waals surface area contributed by atoms with Gasteiger partial charge in [0, 0.05) is 6.04 Å². The smallest absolute Gasteiger partial charge is 0.361 e. The minimum atomic E-state index is -0.274. The molecule has 0 saturated heterocycles. The quantitative estimate of drug-likeness (QED) is 0.350. The Labute approximate surface area is 186 Å². The molecule has 1 N–H and O–H groups in total. The van der Waals surface area contributed by atoms with E-state index in [1.54, 1.807) is 0 Å². The molecule has 2 aliphatic rings. The van der Waals surface area contributed by atoms with Gasteiger partial charge in [-0.1, -0.05) is 39.0 Å². The number of rotatable bonds is 10. The molecule has 2 aliphatic carbocycles. The van der Waals surface area contributed by atoms with Gasteiger partial charge >= 0.3 is 5.97 Å². The molecule has 3 rings (SSSR count). The summed E-state index contributed by atoms with van der Waals surface area (Å²) in [5.41, 5.74) is 0.470. The van der Waals surface area contributed by atoms with Crippen molar-refractivity contribution in [2.75, 3.05) is 40.4 Å². The van der Waals surface area contributed by atoms with E-state index in [1.165, 1.54) is 12.8 Å². The summed E-state index contributed by atoms with van der Waals surface area (Å²) >= 11 is 0. The molecule has 0 radical (unpaired) electrons. The van der Waals surface area contributed by atoms with E-state index in [2.05, 4.69) is 26.1 Å². The minimum Gasteiger partial charge on any atom is -0.490 e. The lowest BCUT2D eigenvalue weighted by Crippen LogP contribution is -2.49. The Kier molecular flexibility index (Phi) is 6.99. The molecule has 6 heteroatoms. The number of amides is 1. The Morgan fingerprint density at radius 3 is 2.45 bits per heavy atom. The van der Waals surface area contributed by atoms with Gasteiger partial charge in [-0.15, -0.1) is 0 Å². The molecule has 1 aromatic carbocycles. The van der Waals surface area contributed by atoms with Crippen LogP contribution >= 0.6 is 0 Å². The molecule has 2 bridgehead atoms. The highest BCUT2D eigenvalue weighted by Gasteiger charge is 2.61. The van der Waals surface area contributed by atoms with Gasteiger partial charge in [0.05, 0.1) is 27.1 Å². The van der Waals surface area contributed by atoms with Crippen LogP contribution in [0.2, 0.25) is 0 Å². The highest BCUT2D eigenvalue weighted by atomic mass is 16.6. The maximum atomic E-state index is 12.7. The number of carbonyl (C=O) groups excluding carboxylic acids is 2. The predicted octanol–water partition coefficient (Wildman–Crippen LogP) is 3.41. The van der Waals surface area contributed by atoms with Crippen LogP contribution in [0.1, 0.15) is 46.5 Å². The predicted molar refractivity (Wildman–Crippen MR) is 121 cm³/mol. The topological polar surface area (TPSA) is 64.6 Å². The van der Waals surface area contributed by atoms with Crippen LogP contribution in [0.25, 0.3) is 0 Å². The van der Waals surface area contributed by atoms with Crippen molar-refractivity contribution >= 4 is 11.9 Å². The van der Waals surface area contributed by atoms with Gasteiger partial charge in [0.1, 0.15) is 19.0 Å². The molecular formula is C25H39N2O4+. The molecule has 172 valence electrons. The van der Waals surface area contributed by atoms with Crippen LogP contribution in [0, 0.1) is 16.7 Å². The molecule has 3 atom stereocenters. The van der Waals surface area contributed by atoms with E-state index in [0.29, 0.717) is 30.0 Å². The standard InChI is InChI=1S/C25H38N2O4/c1-24(2)19-11-13-25(24,3)21(17-19)26-22(28)12-14-27(4,5)18-23(29)31-16-15-30-20-9-7-6-8-10-20/h6-10,19,21H,11-18H2,1-5H3/p+1. The van der Waals surface area contributed by atoms with Gasteiger partial charge in [-0.05, 0) is 48.1 Å². The van der Waals surface area contributed by atoms with Crippen LogP contribution in [-0.2, 0) is 14.3 Å². The number of likely N-dealkylation sites (N-methyl/N-ethyl adjacent to an activating group) is 1. The maximum absolute atomic E-state index is 12.7. The molecule has 0 spiro atoms. The number of ether oxygens (including phenoxy) is 2. The van der Waals surface area contributed by atoms with E-state index < -0.39 is 0 Å². The van der Waals surface area contributed by atoms with Gasteiger partial charge in [-0.25, -0.2) is 4.79 Å². The second kappa shape index (κ2) is 9.19. The van der Waals surface area contributed by atoms with Crippen molar-refractivity contribution in [1.82, 2.24) is 5.32 Å². The fourth-order valence-corrected chi connectivity index (χ4v) is 5.40. The van der Waals surface area contributed by atoms with Crippen LogP contribution in [0.3, 0.4) is 0 Å². The minimum absolute atomic E-state index is 0.0883. The summed E-state index contributed by atoms with van der Waals surface area (Å²) in [7, 11) is 3.91. The first-order chi connectivity index (χ1) is 14.5. The van der Waals surface area contributed by atoms with Gasteiger partial charge in [0.15, 0.2) is 6.54 Å². The van der Waals surface area contributed by atoms with Gasteiger partial charge in [-0.3, -0.25) is 4.79 Å². The van der Waals surface area contributed by atoms with Crippen molar-refractivity contribution in [3.63, 3.8) is 0 Å². The Morgan fingerprint density at radius 2 is 1.84 bits per heavy atom. The second-order valence-corrected chi connectivity index (χ2v) is 10.7. The zero-order valence-corrected chi connectivity index (χ0v) is 19.8. The van der Waals surface area contributed by atoms with Crippen molar-refractivity contribution in [2.24, 2.45) is 16.7 Å². The Bertz CT molecular complexity index is 777. The maximum Gasteiger partial charge on any atom is 0.361 e. The molecular weight excluding hydrogens is 392 g/mol. The van der Waals surface area contributed by atoms with Crippen LogP contribution < -0.4 is 10.1 Å². The molecule has 6 nitrogen and oxygen atoms in total. The summed E-state index contributed by atoms with van der Waals surface area (Å²) < 4.78 is 11.3. The number of esters is 1. The second-order valence-electron chi connectivity index (χ2n) is 10.7. The fourth-order valence-electron chi connectivity index (χ4n) is 5.40. The van der Waals surface area contributed by atoms with Gasteiger partial charge in [-0.2, -0.15) is 0 Å². The molecule has 3 unspecified atom stereocenters. The Balaban J connectivity index is 1.35. The lowest BCUT2D eigenvalue weighted by molar-refractivity contribution is -0.882. The number of para-hydroxylation sites is 1. The third-order valence-corrected chi connectivity index (χ3v) is 7.99. The number of nitrogens with one attached hydrogen (secondary N) is 1. The van der Waals surface area contributed by atoms with Crippen molar-refractivity contribution in [1.29, 1.82) is 0 Å². The zero-order valence-electron chi connectivity index (χ0n) is 19.8. The van der Waals surface area contributed by atoms with Gasteiger partial charge in [0.25, 0.3) is 0 Å². The van der Waals surface area contributed by atoms with Crippen LogP contribution in [-0.4, -0.2) is 62.8 Å². The first-order valence-electron chi connectivity index (χ1n) is 11.5. The van der Waals surface area contributed by atoms with E-state index in [4.69, 9.17) is 9.47 Å². The first kappa shape index (κ1) is 23.6. The molecule has 2 fully saturated rings. The monoisotopic (exact) mass is 431 g/mol. The molecule has 1 aromatic rings. The summed E-state index contributed by atoms with van der Waals surface area (Å²) in [4.78, 5) is 24.9. The number of hydrogen-bond donors (Lipinski definition) is 1. The van der Waals surface area contributed by atoms with Crippen molar-refractivity contribution in [3.8, 4) is 5.75 Å². The molecule has 0 heterocycles. The zero-order chi connectivity index (χ0) is 22.7. The number of quaternary nitrogens is 1. The molecule has 0 aromatic heterocycles. The summed E-state index contributed by atoms with van der Waals surface area (Å²) in [6.45, 7) is 8.41.